The van der Waals surface area contributed by atoms with Crippen LogP contribution in [0.15, 0.2) is 36.0 Å². The lowest BCUT2D eigenvalue weighted by molar-refractivity contribution is -0.138. The first kappa shape index (κ1) is 19.6. The number of carbonyl (C=O) groups is 2. The zero-order valence-electron chi connectivity index (χ0n) is 16.0. The van der Waals surface area contributed by atoms with Crippen molar-refractivity contribution < 1.29 is 19.1 Å². The molecule has 1 saturated heterocycles. The van der Waals surface area contributed by atoms with Gasteiger partial charge in [-0.15, -0.1) is 0 Å². The molecule has 0 atom stereocenters. The third-order valence-electron chi connectivity index (χ3n) is 4.85. The number of imide groups is 1. The molecular weight excluding hydrogens is 344 g/mol. The molecule has 2 aliphatic rings. The van der Waals surface area contributed by atoms with Gasteiger partial charge in [-0.3, -0.25) is 14.5 Å². The molecule has 2 heterocycles. The molecule has 1 aromatic carbocycles. The molecule has 0 N–H and O–H groups in total. The Hall–Kier alpha value is -2.18. The number of carbonyl (C=O) groups excluding carboxylic acids is 2. The molecule has 0 radical (unpaired) electrons. The van der Waals surface area contributed by atoms with E-state index >= 15 is 0 Å². The van der Waals surface area contributed by atoms with Crippen molar-refractivity contribution in [1.82, 2.24) is 9.80 Å². The molecule has 0 aliphatic carbocycles. The second-order valence-corrected chi connectivity index (χ2v) is 6.77. The highest BCUT2D eigenvalue weighted by atomic mass is 16.5. The van der Waals surface area contributed by atoms with Gasteiger partial charge in [-0.05, 0) is 18.4 Å². The summed E-state index contributed by atoms with van der Waals surface area (Å²) in [4.78, 5) is 29.5. The molecule has 2 aliphatic heterocycles. The minimum atomic E-state index is -0.207. The van der Waals surface area contributed by atoms with Crippen LogP contribution in [-0.4, -0.2) is 67.7 Å². The summed E-state index contributed by atoms with van der Waals surface area (Å²) in [5.74, 6) is -0.407. The molecule has 2 amide bonds. The van der Waals surface area contributed by atoms with Crippen molar-refractivity contribution in [3.8, 4) is 0 Å². The van der Waals surface area contributed by atoms with Crippen molar-refractivity contribution in [1.29, 1.82) is 0 Å². The summed E-state index contributed by atoms with van der Waals surface area (Å²) in [5, 5.41) is 0. The first-order valence-electron chi connectivity index (χ1n) is 9.80. The Labute approximate surface area is 160 Å². The van der Waals surface area contributed by atoms with Gasteiger partial charge in [0.15, 0.2) is 0 Å². The highest BCUT2D eigenvalue weighted by molar-refractivity contribution is 6.35. The van der Waals surface area contributed by atoms with Gasteiger partial charge in [-0.25, -0.2) is 0 Å². The third-order valence-corrected chi connectivity index (χ3v) is 4.85. The number of hydrogen-bond donors (Lipinski definition) is 0. The number of nitrogens with zero attached hydrogens (tertiary/aromatic N) is 2. The highest BCUT2D eigenvalue weighted by Gasteiger charge is 2.41. The van der Waals surface area contributed by atoms with Crippen LogP contribution in [0.2, 0.25) is 0 Å². The van der Waals surface area contributed by atoms with Crippen LogP contribution in [0.3, 0.4) is 0 Å². The molecule has 6 heteroatoms. The van der Waals surface area contributed by atoms with Gasteiger partial charge < -0.3 is 14.4 Å². The average molecular weight is 372 g/mol. The smallest absolute Gasteiger partial charge is 0.277 e. The fraction of sp³-hybridized carbons (Fsp3) is 0.524. The fourth-order valence-electron chi connectivity index (χ4n) is 3.38. The first-order valence-corrected chi connectivity index (χ1v) is 9.80. The Morgan fingerprint density at radius 2 is 1.70 bits per heavy atom. The standard InChI is InChI=1S/C21H28N2O4/c1-2-3-13-26-14-7-10-23-20(24)18(17-8-5-4-6-9-17)19(21(23)25)22-11-15-27-16-12-22/h4-6,8-9H,2-3,7,10-16H2,1H3. The van der Waals surface area contributed by atoms with Gasteiger partial charge in [-0.1, -0.05) is 43.7 Å². The molecule has 6 nitrogen and oxygen atoms in total. The van der Waals surface area contributed by atoms with Gasteiger partial charge in [0.25, 0.3) is 11.8 Å². The maximum atomic E-state index is 13.1. The minimum Gasteiger partial charge on any atom is -0.381 e. The summed E-state index contributed by atoms with van der Waals surface area (Å²) in [6.07, 6.45) is 2.78. The number of benzene rings is 1. The Bertz CT molecular complexity index is 681. The highest BCUT2D eigenvalue weighted by Crippen LogP contribution is 2.32. The molecule has 1 aromatic rings. The van der Waals surface area contributed by atoms with Crippen LogP contribution in [-0.2, 0) is 19.1 Å². The topological polar surface area (TPSA) is 59.1 Å². The van der Waals surface area contributed by atoms with Crippen LogP contribution in [0, 0.1) is 0 Å². The summed E-state index contributed by atoms with van der Waals surface area (Å²) in [7, 11) is 0. The number of unbranched alkanes of at least 4 members (excludes halogenated alkanes) is 1. The van der Waals surface area contributed by atoms with Crippen molar-refractivity contribution in [2.45, 2.75) is 26.2 Å². The fourth-order valence-corrected chi connectivity index (χ4v) is 3.38. The van der Waals surface area contributed by atoms with Gasteiger partial charge >= 0.3 is 0 Å². The lowest BCUT2D eigenvalue weighted by Crippen LogP contribution is -2.40. The Morgan fingerprint density at radius 1 is 1.00 bits per heavy atom. The van der Waals surface area contributed by atoms with Crippen LogP contribution in [0.4, 0.5) is 0 Å². The SMILES string of the molecule is CCCCOCCCN1C(=O)C(c2ccccc2)=C(N2CCOCC2)C1=O. The van der Waals surface area contributed by atoms with E-state index in [9.17, 15) is 9.59 Å². The maximum Gasteiger partial charge on any atom is 0.277 e. The maximum absolute atomic E-state index is 13.1. The molecule has 0 bridgehead atoms. The van der Waals surface area contributed by atoms with Crippen molar-refractivity contribution in [3.63, 3.8) is 0 Å². The van der Waals surface area contributed by atoms with E-state index in [2.05, 4.69) is 6.92 Å². The molecule has 0 spiro atoms. The molecule has 27 heavy (non-hydrogen) atoms. The van der Waals surface area contributed by atoms with Crippen molar-refractivity contribution in [3.05, 3.63) is 41.6 Å². The van der Waals surface area contributed by atoms with Crippen molar-refractivity contribution in [2.24, 2.45) is 0 Å². The quantitative estimate of drug-likeness (QED) is 0.492. The number of rotatable bonds is 9. The van der Waals surface area contributed by atoms with Crippen molar-refractivity contribution in [2.75, 3.05) is 46.1 Å². The molecule has 1 fully saturated rings. The van der Waals surface area contributed by atoms with Crippen LogP contribution in [0.25, 0.3) is 5.57 Å². The van der Waals surface area contributed by atoms with E-state index in [1.165, 1.54) is 4.90 Å². The second-order valence-electron chi connectivity index (χ2n) is 6.77. The molecule has 3 rings (SSSR count). The molecule has 0 aromatic heterocycles. The number of amides is 2. The Kier molecular flexibility index (Phi) is 7.01. The van der Waals surface area contributed by atoms with Crippen LogP contribution >= 0.6 is 0 Å². The average Bonchev–Trinajstić information content (AvgIpc) is 2.96. The summed E-state index contributed by atoms with van der Waals surface area (Å²) in [6.45, 7) is 6.17. The number of morpholine rings is 1. The third kappa shape index (κ3) is 4.57. The molecule has 0 unspecified atom stereocenters. The normalized spacial score (nSPS) is 18.0. The van der Waals surface area contributed by atoms with E-state index in [0.717, 1.165) is 25.0 Å². The summed E-state index contributed by atoms with van der Waals surface area (Å²) < 4.78 is 11.0. The van der Waals surface area contributed by atoms with Gasteiger partial charge in [-0.2, -0.15) is 0 Å². The van der Waals surface area contributed by atoms with Crippen LogP contribution in [0.5, 0.6) is 0 Å². The van der Waals surface area contributed by atoms with E-state index < -0.39 is 0 Å². The van der Waals surface area contributed by atoms with E-state index in [1.54, 1.807) is 0 Å². The Balaban J connectivity index is 1.75. The predicted octanol–water partition coefficient (Wildman–Crippen LogP) is 2.31. The van der Waals surface area contributed by atoms with Gasteiger partial charge in [0.05, 0.1) is 18.8 Å². The number of ether oxygens (including phenoxy) is 2. The predicted molar refractivity (Wildman–Crippen MR) is 103 cm³/mol. The lowest BCUT2D eigenvalue weighted by atomic mass is 10.0. The summed E-state index contributed by atoms with van der Waals surface area (Å²) in [5.41, 5.74) is 1.81. The zero-order valence-corrected chi connectivity index (χ0v) is 16.0. The first-order chi connectivity index (χ1) is 13.2. The number of hydrogen-bond acceptors (Lipinski definition) is 5. The molecular formula is C21H28N2O4. The Morgan fingerprint density at radius 3 is 2.41 bits per heavy atom. The van der Waals surface area contributed by atoms with E-state index in [1.807, 2.05) is 35.2 Å². The molecule has 146 valence electrons. The van der Waals surface area contributed by atoms with Crippen LogP contribution < -0.4 is 0 Å². The summed E-state index contributed by atoms with van der Waals surface area (Å²) in [6, 6.07) is 9.46. The van der Waals surface area contributed by atoms with E-state index in [-0.39, 0.29) is 11.8 Å². The second kappa shape index (κ2) is 9.67. The van der Waals surface area contributed by atoms with Gasteiger partial charge in [0, 0.05) is 32.8 Å². The lowest BCUT2D eigenvalue weighted by Gasteiger charge is -2.29. The summed E-state index contributed by atoms with van der Waals surface area (Å²) >= 11 is 0. The van der Waals surface area contributed by atoms with Gasteiger partial charge in [0.2, 0.25) is 0 Å². The molecule has 0 saturated carbocycles. The van der Waals surface area contributed by atoms with Crippen LogP contribution in [0.1, 0.15) is 31.7 Å². The minimum absolute atomic E-state index is 0.200. The zero-order chi connectivity index (χ0) is 19.1. The monoisotopic (exact) mass is 372 g/mol. The van der Waals surface area contributed by atoms with Gasteiger partial charge in [0.1, 0.15) is 5.70 Å². The van der Waals surface area contributed by atoms with E-state index in [0.29, 0.717) is 57.1 Å². The largest absolute Gasteiger partial charge is 0.381 e. The van der Waals surface area contributed by atoms with Crippen molar-refractivity contribution >= 4 is 17.4 Å². The van der Waals surface area contributed by atoms with E-state index in [4.69, 9.17) is 9.47 Å².